The molecular formula is C20H23NO4. The van der Waals surface area contributed by atoms with Crippen molar-refractivity contribution in [2.75, 3.05) is 13.7 Å². The molecule has 0 aliphatic carbocycles. The van der Waals surface area contributed by atoms with Crippen molar-refractivity contribution in [1.29, 1.82) is 0 Å². The SMILES string of the molecule is COc1ccc(C(=O)CCCC(=O)NCCc2ccccc2O)cc1. The number of carbonyl (C=O) groups excluding carboxylic acids is 2. The van der Waals surface area contributed by atoms with E-state index in [1.807, 2.05) is 12.1 Å². The predicted molar refractivity (Wildman–Crippen MR) is 96.0 cm³/mol. The average Bonchev–Trinajstić information content (AvgIpc) is 2.63. The van der Waals surface area contributed by atoms with Gasteiger partial charge in [0, 0.05) is 24.9 Å². The highest BCUT2D eigenvalue weighted by atomic mass is 16.5. The number of carbonyl (C=O) groups is 2. The Bertz CT molecular complexity index is 710. The first-order valence-corrected chi connectivity index (χ1v) is 8.31. The molecule has 132 valence electrons. The van der Waals surface area contributed by atoms with Gasteiger partial charge in [-0.2, -0.15) is 0 Å². The van der Waals surface area contributed by atoms with Gasteiger partial charge in [-0.15, -0.1) is 0 Å². The first kappa shape index (κ1) is 18.5. The topological polar surface area (TPSA) is 75.6 Å². The number of benzene rings is 2. The zero-order valence-corrected chi connectivity index (χ0v) is 14.3. The number of Topliss-reactive ketones (excluding diaryl/α,β-unsaturated/α-hetero) is 1. The van der Waals surface area contributed by atoms with E-state index in [9.17, 15) is 14.7 Å². The van der Waals surface area contributed by atoms with Crippen molar-refractivity contribution < 1.29 is 19.4 Å². The van der Waals surface area contributed by atoms with Gasteiger partial charge in [-0.05, 0) is 48.7 Å². The van der Waals surface area contributed by atoms with Crippen molar-refractivity contribution in [2.45, 2.75) is 25.7 Å². The minimum absolute atomic E-state index is 0.0182. The van der Waals surface area contributed by atoms with E-state index in [1.165, 1.54) is 0 Å². The van der Waals surface area contributed by atoms with Gasteiger partial charge < -0.3 is 15.2 Å². The Morgan fingerprint density at radius 2 is 1.76 bits per heavy atom. The van der Waals surface area contributed by atoms with Crippen molar-refractivity contribution >= 4 is 11.7 Å². The maximum atomic E-state index is 12.1. The fourth-order valence-corrected chi connectivity index (χ4v) is 2.48. The van der Waals surface area contributed by atoms with Crippen molar-refractivity contribution in [3.63, 3.8) is 0 Å². The molecule has 0 aliphatic rings. The molecule has 25 heavy (non-hydrogen) atoms. The van der Waals surface area contributed by atoms with Crippen LogP contribution in [0.5, 0.6) is 11.5 Å². The van der Waals surface area contributed by atoms with E-state index in [2.05, 4.69) is 5.32 Å². The van der Waals surface area contributed by atoms with Crippen LogP contribution in [0.3, 0.4) is 0 Å². The molecule has 2 rings (SSSR count). The molecule has 0 aromatic heterocycles. The molecule has 2 N–H and O–H groups in total. The second kappa shape index (κ2) is 9.47. The fourth-order valence-electron chi connectivity index (χ4n) is 2.48. The quantitative estimate of drug-likeness (QED) is 0.687. The Balaban J connectivity index is 1.66. The number of ketones is 1. The molecule has 0 saturated carbocycles. The number of rotatable bonds is 9. The fraction of sp³-hybridized carbons (Fsp3) is 0.300. The van der Waals surface area contributed by atoms with E-state index in [-0.39, 0.29) is 17.4 Å². The maximum Gasteiger partial charge on any atom is 0.220 e. The van der Waals surface area contributed by atoms with Gasteiger partial charge in [-0.3, -0.25) is 9.59 Å². The van der Waals surface area contributed by atoms with Crippen molar-refractivity contribution in [1.82, 2.24) is 5.32 Å². The zero-order valence-electron chi connectivity index (χ0n) is 14.3. The Morgan fingerprint density at radius 1 is 1.04 bits per heavy atom. The van der Waals surface area contributed by atoms with Gasteiger partial charge >= 0.3 is 0 Å². The lowest BCUT2D eigenvalue weighted by molar-refractivity contribution is -0.121. The molecule has 0 fully saturated rings. The highest BCUT2D eigenvalue weighted by Crippen LogP contribution is 2.16. The molecular weight excluding hydrogens is 318 g/mol. The monoisotopic (exact) mass is 341 g/mol. The minimum Gasteiger partial charge on any atom is -0.508 e. The van der Waals surface area contributed by atoms with Crippen LogP contribution in [-0.2, 0) is 11.2 Å². The molecule has 2 aromatic rings. The Kier molecular flexibility index (Phi) is 7.01. The third-order valence-corrected chi connectivity index (χ3v) is 3.93. The molecule has 0 unspecified atom stereocenters. The van der Waals surface area contributed by atoms with Gasteiger partial charge in [0.15, 0.2) is 5.78 Å². The number of phenols is 1. The van der Waals surface area contributed by atoms with Gasteiger partial charge in [0.05, 0.1) is 7.11 Å². The molecule has 0 spiro atoms. The summed E-state index contributed by atoms with van der Waals surface area (Å²) < 4.78 is 5.06. The van der Waals surface area contributed by atoms with E-state index in [0.29, 0.717) is 43.5 Å². The number of aromatic hydroxyl groups is 1. The summed E-state index contributed by atoms with van der Waals surface area (Å²) in [5.74, 6) is 0.879. The summed E-state index contributed by atoms with van der Waals surface area (Å²) in [6.45, 7) is 0.461. The lowest BCUT2D eigenvalue weighted by Gasteiger charge is -2.07. The van der Waals surface area contributed by atoms with Gasteiger partial charge in [-0.1, -0.05) is 18.2 Å². The highest BCUT2D eigenvalue weighted by Gasteiger charge is 2.08. The number of para-hydroxylation sites is 1. The summed E-state index contributed by atoms with van der Waals surface area (Å²) in [6.07, 6.45) is 1.72. The standard InChI is InChI=1S/C20H23NO4/c1-25-17-11-9-16(10-12-17)19(23)7-4-8-20(24)21-14-13-15-5-2-3-6-18(15)22/h2-3,5-6,9-12,22H,4,7-8,13-14H2,1H3,(H,21,24). The number of hydrogen-bond acceptors (Lipinski definition) is 4. The lowest BCUT2D eigenvalue weighted by atomic mass is 10.1. The summed E-state index contributed by atoms with van der Waals surface area (Å²) in [6, 6.07) is 14.0. The highest BCUT2D eigenvalue weighted by molar-refractivity contribution is 5.96. The second-order valence-electron chi connectivity index (χ2n) is 5.73. The summed E-state index contributed by atoms with van der Waals surface area (Å²) in [5.41, 5.74) is 1.43. The number of nitrogens with one attached hydrogen (secondary N) is 1. The number of methoxy groups -OCH3 is 1. The van der Waals surface area contributed by atoms with Crippen LogP contribution >= 0.6 is 0 Å². The number of hydrogen-bond donors (Lipinski definition) is 2. The molecule has 5 heteroatoms. The van der Waals surface area contributed by atoms with E-state index in [4.69, 9.17) is 4.74 Å². The molecule has 1 amide bonds. The van der Waals surface area contributed by atoms with Crippen LogP contribution in [0.4, 0.5) is 0 Å². The minimum atomic E-state index is -0.0852. The van der Waals surface area contributed by atoms with Crippen LogP contribution in [0.15, 0.2) is 48.5 Å². The van der Waals surface area contributed by atoms with Gasteiger partial charge in [0.2, 0.25) is 5.91 Å². The predicted octanol–water partition coefficient (Wildman–Crippen LogP) is 3.11. The molecule has 0 atom stereocenters. The zero-order chi connectivity index (χ0) is 18.1. The molecule has 0 saturated heterocycles. The third-order valence-electron chi connectivity index (χ3n) is 3.93. The van der Waals surface area contributed by atoms with Crippen molar-refractivity contribution in [3.05, 3.63) is 59.7 Å². The Labute approximate surface area is 147 Å². The summed E-state index contributed by atoms with van der Waals surface area (Å²) in [5, 5.41) is 12.5. The Morgan fingerprint density at radius 3 is 2.44 bits per heavy atom. The average molecular weight is 341 g/mol. The van der Waals surface area contributed by atoms with E-state index in [1.54, 1.807) is 43.5 Å². The van der Waals surface area contributed by atoms with Gasteiger partial charge in [0.1, 0.15) is 11.5 Å². The Hall–Kier alpha value is -2.82. The normalized spacial score (nSPS) is 10.3. The molecule has 0 aliphatic heterocycles. The maximum absolute atomic E-state index is 12.1. The first-order chi connectivity index (χ1) is 12.1. The second-order valence-corrected chi connectivity index (χ2v) is 5.73. The van der Waals surface area contributed by atoms with Gasteiger partial charge in [0.25, 0.3) is 0 Å². The van der Waals surface area contributed by atoms with E-state index in [0.717, 1.165) is 5.56 Å². The number of amides is 1. The molecule has 0 bridgehead atoms. The van der Waals surface area contributed by atoms with Crippen molar-refractivity contribution in [3.8, 4) is 11.5 Å². The van der Waals surface area contributed by atoms with E-state index < -0.39 is 0 Å². The third kappa shape index (κ3) is 5.95. The molecule has 0 radical (unpaired) electrons. The largest absolute Gasteiger partial charge is 0.508 e. The van der Waals surface area contributed by atoms with Crippen LogP contribution in [0.25, 0.3) is 0 Å². The summed E-state index contributed by atoms with van der Waals surface area (Å²) in [4.78, 5) is 23.9. The van der Waals surface area contributed by atoms with Crippen molar-refractivity contribution in [2.24, 2.45) is 0 Å². The van der Waals surface area contributed by atoms with Crippen LogP contribution in [0, 0.1) is 0 Å². The first-order valence-electron chi connectivity index (χ1n) is 8.31. The molecule has 0 heterocycles. The smallest absolute Gasteiger partial charge is 0.220 e. The van der Waals surface area contributed by atoms with Crippen LogP contribution < -0.4 is 10.1 Å². The van der Waals surface area contributed by atoms with Crippen LogP contribution in [0.2, 0.25) is 0 Å². The van der Waals surface area contributed by atoms with Gasteiger partial charge in [-0.25, -0.2) is 0 Å². The van der Waals surface area contributed by atoms with E-state index >= 15 is 0 Å². The van der Waals surface area contributed by atoms with Crippen LogP contribution in [-0.4, -0.2) is 30.5 Å². The number of phenolic OH excluding ortho intramolecular Hbond substituents is 1. The molecule has 5 nitrogen and oxygen atoms in total. The summed E-state index contributed by atoms with van der Waals surface area (Å²) >= 11 is 0. The summed E-state index contributed by atoms with van der Waals surface area (Å²) in [7, 11) is 1.58. The molecule has 2 aromatic carbocycles. The van der Waals surface area contributed by atoms with Crippen LogP contribution in [0.1, 0.15) is 35.2 Å². The lowest BCUT2D eigenvalue weighted by Crippen LogP contribution is -2.25. The number of ether oxygens (including phenoxy) is 1.